The van der Waals surface area contributed by atoms with Crippen LogP contribution in [0.4, 0.5) is 0 Å². The number of methoxy groups -OCH3 is 1. The van der Waals surface area contributed by atoms with Crippen LogP contribution in [0.2, 0.25) is 0 Å². The second kappa shape index (κ2) is 7.76. The third kappa shape index (κ3) is 3.39. The summed E-state index contributed by atoms with van der Waals surface area (Å²) in [4.78, 5) is 13.0. The zero-order valence-corrected chi connectivity index (χ0v) is 19.4. The quantitative estimate of drug-likeness (QED) is 0.465. The van der Waals surface area contributed by atoms with Crippen LogP contribution in [0, 0.1) is 34.5 Å². The minimum Gasteiger partial charge on any atom is -0.497 e. The molecule has 1 aromatic carbocycles. The molecule has 5 rings (SSSR count). The molecule has 3 heteroatoms. The first-order chi connectivity index (χ1) is 14.8. The van der Waals surface area contributed by atoms with Crippen LogP contribution in [0.1, 0.15) is 82.0 Å². The van der Waals surface area contributed by atoms with Crippen LogP contribution in [-0.2, 0) is 0 Å². The molecule has 4 aliphatic carbocycles. The first-order valence-electron chi connectivity index (χ1n) is 12.4. The molecule has 0 saturated heterocycles. The molecule has 4 saturated carbocycles. The van der Waals surface area contributed by atoms with Gasteiger partial charge in [-0.2, -0.15) is 0 Å². The van der Waals surface area contributed by atoms with E-state index in [-0.39, 0.29) is 17.3 Å². The van der Waals surface area contributed by atoms with Gasteiger partial charge in [0.05, 0.1) is 13.2 Å². The number of aliphatic hydroxyl groups excluding tert-OH is 1. The van der Waals surface area contributed by atoms with Gasteiger partial charge >= 0.3 is 0 Å². The second-order valence-electron chi connectivity index (χ2n) is 11.3. The number of ketones is 1. The molecule has 0 unspecified atom stereocenters. The highest BCUT2D eigenvalue weighted by atomic mass is 16.5. The van der Waals surface area contributed by atoms with E-state index in [0.29, 0.717) is 17.3 Å². The van der Waals surface area contributed by atoms with E-state index in [1.54, 1.807) is 7.11 Å². The molecule has 4 fully saturated rings. The molecule has 31 heavy (non-hydrogen) atoms. The zero-order chi connectivity index (χ0) is 21.8. The fraction of sp³-hybridized carbons (Fsp3) is 0.679. The number of hydrogen-bond acceptors (Lipinski definition) is 3. The number of carbonyl (C=O) groups excluding carboxylic acids is 1. The summed E-state index contributed by atoms with van der Waals surface area (Å²) >= 11 is 0. The highest BCUT2D eigenvalue weighted by molar-refractivity contribution is 6.05. The van der Waals surface area contributed by atoms with E-state index < -0.39 is 0 Å². The highest BCUT2D eigenvalue weighted by Crippen LogP contribution is 2.67. The summed E-state index contributed by atoms with van der Waals surface area (Å²) in [5.41, 5.74) is 2.74. The molecular weight excluding hydrogens is 384 g/mol. The molecule has 0 aromatic heterocycles. The van der Waals surface area contributed by atoms with Crippen LogP contribution < -0.4 is 4.74 Å². The van der Waals surface area contributed by atoms with Crippen molar-refractivity contribution in [3.05, 3.63) is 41.5 Å². The van der Waals surface area contributed by atoms with Crippen molar-refractivity contribution < 1.29 is 14.6 Å². The maximum absolute atomic E-state index is 13.0. The minimum absolute atomic E-state index is 0.0755. The Balaban J connectivity index is 1.37. The van der Waals surface area contributed by atoms with Gasteiger partial charge in [0, 0.05) is 5.56 Å². The molecular formula is C28H38O3. The Hall–Kier alpha value is -1.61. The van der Waals surface area contributed by atoms with E-state index in [4.69, 9.17) is 4.74 Å². The lowest BCUT2D eigenvalue weighted by Gasteiger charge is -2.60. The van der Waals surface area contributed by atoms with Gasteiger partial charge in [-0.1, -0.05) is 19.4 Å². The zero-order valence-electron chi connectivity index (χ0n) is 19.4. The SMILES string of the molecule is COc1ccc(C(=O)/C=C2\CC[C@H]3[C@@H]4CC[C@H]5C[C@@H](O)CC[C@]5(C)[C@H]4CC[C@]23C)cc1. The van der Waals surface area contributed by atoms with Gasteiger partial charge in [-0.3, -0.25) is 4.79 Å². The number of ether oxygens (including phenoxy) is 1. The summed E-state index contributed by atoms with van der Waals surface area (Å²) in [6, 6.07) is 7.50. The van der Waals surface area contributed by atoms with Crippen molar-refractivity contribution >= 4 is 5.78 Å². The van der Waals surface area contributed by atoms with Gasteiger partial charge < -0.3 is 9.84 Å². The smallest absolute Gasteiger partial charge is 0.185 e. The van der Waals surface area contributed by atoms with Crippen LogP contribution >= 0.6 is 0 Å². The summed E-state index contributed by atoms with van der Waals surface area (Å²) in [5.74, 6) is 3.93. The van der Waals surface area contributed by atoms with Crippen molar-refractivity contribution in [3.63, 3.8) is 0 Å². The van der Waals surface area contributed by atoms with Gasteiger partial charge in [0.1, 0.15) is 5.75 Å². The van der Waals surface area contributed by atoms with Gasteiger partial charge in [-0.15, -0.1) is 0 Å². The highest BCUT2D eigenvalue weighted by Gasteiger charge is 2.58. The number of aliphatic hydroxyl groups is 1. The van der Waals surface area contributed by atoms with Crippen molar-refractivity contribution in [1.82, 2.24) is 0 Å². The van der Waals surface area contributed by atoms with Crippen molar-refractivity contribution in [2.75, 3.05) is 7.11 Å². The van der Waals surface area contributed by atoms with E-state index in [1.807, 2.05) is 30.3 Å². The molecule has 0 bridgehead atoms. The van der Waals surface area contributed by atoms with Crippen LogP contribution in [0.25, 0.3) is 0 Å². The number of hydrogen-bond donors (Lipinski definition) is 1. The molecule has 7 atom stereocenters. The largest absolute Gasteiger partial charge is 0.497 e. The monoisotopic (exact) mass is 422 g/mol. The van der Waals surface area contributed by atoms with Crippen molar-refractivity contribution in [3.8, 4) is 5.75 Å². The Morgan fingerprint density at radius 3 is 2.55 bits per heavy atom. The Bertz CT molecular complexity index is 871. The van der Waals surface area contributed by atoms with E-state index in [1.165, 1.54) is 44.1 Å². The summed E-state index contributed by atoms with van der Waals surface area (Å²) in [6.07, 6.45) is 12.5. The third-order valence-electron chi connectivity index (χ3n) is 10.2. The Morgan fingerprint density at radius 2 is 1.81 bits per heavy atom. The summed E-state index contributed by atoms with van der Waals surface area (Å²) in [7, 11) is 1.65. The van der Waals surface area contributed by atoms with Crippen LogP contribution in [0.3, 0.4) is 0 Å². The Kier molecular flexibility index (Phi) is 5.32. The molecule has 4 aliphatic rings. The molecule has 168 valence electrons. The van der Waals surface area contributed by atoms with Crippen molar-refractivity contribution in [2.24, 2.45) is 34.5 Å². The van der Waals surface area contributed by atoms with E-state index >= 15 is 0 Å². The summed E-state index contributed by atoms with van der Waals surface area (Å²) in [6.45, 7) is 5.00. The number of benzene rings is 1. The molecule has 1 aromatic rings. The fourth-order valence-electron chi connectivity index (χ4n) is 8.32. The second-order valence-corrected chi connectivity index (χ2v) is 11.3. The number of rotatable bonds is 3. The molecule has 0 spiro atoms. The van der Waals surface area contributed by atoms with Crippen molar-refractivity contribution in [1.29, 1.82) is 0 Å². The first kappa shape index (κ1) is 21.2. The maximum Gasteiger partial charge on any atom is 0.185 e. The number of carbonyl (C=O) groups is 1. The predicted molar refractivity (Wildman–Crippen MR) is 123 cm³/mol. The van der Waals surface area contributed by atoms with Gasteiger partial charge in [-0.05, 0) is 123 Å². The van der Waals surface area contributed by atoms with Gasteiger partial charge in [0.25, 0.3) is 0 Å². The Morgan fingerprint density at radius 1 is 1.03 bits per heavy atom. The predicted octanol–water partition coefficient (Wildman–Crippen LogP) is 6.21. The van der Waals surface area contributed by atoms with Crippen molar-refractivity contribution in [2.45, 2.75) is 77.7 Å². The summed E-state index contributed by atoms with van der Waals surface area (Å²) < 4.78 is 5.23. The van der Waals surface area contributed by atoms with E-state index in [9.17, 15) is 9.90 Å². The molecule has 0 heterocycles. The number of fused-ring (bicyclic) bond motifs is 5. The molecule has 0 amide bonds. The fourth-order valence-corrected chi connectivity index (χ4v) is 8.32. The van der Waals surface area contributed by atoms with Gasteiger partial charge in [0.15, 0.2) is 5.78 Å². The average molecular weight is 423 g/mol. The van der Waals surface area contributed by atoms with E-state index in [2.05, 4.69) is 13.8 Å². The van der Waals surface area contributed by atoms with Crippen LogP contribution in [-0.4, -0.2) is 24.1 Å². The lowest BCUT2D eigenvalue weighted by atomic mass is 9.45. The summed E-state index contributed by atoms with van der Waals surface area (Å²) in [5, 5.41) is 10.2. The topological polar surface area (TPSA) is 46.5 Å². The molecule has 1 N–H and O–H groups in total. The Labute approximate surface area is 187 Å². The maximum atomic E-state index is 13.0. The molecule has 0 aliphatic heterocycles. The lowest BCUT2D eigenvalue weighted by Crippen LogP contribution is -2.53. The van der Waals surface area contributed by atoms with Crippen LogP contribution in [0.5, 0.6) is 5.75 Å². The van der Waals surface area contributed by atoms with Crippen LogP contribution in [0.15, 0.2) is 35.9 Å². The first-order valence-corrected chi connectivity index (χ1v) is 12.4. The lowest BCUT2D eigenvalue weighted by molar-refractivity contribution is -0.116. The molecule has 3 nitrogen and oxygen atoms in total. The van der Waals surface area contributed by atoms with Gasteiger partial charge in [0.2, 0.25) is 0 Å². The minimum atomic E-state index is -0.0755. The molecule has 0 radical (unpaired) electrons. The normalized spacial score (nSPS) is 43.1. The standard InChI is InChI=1S/C28H38O3/c1-27-14-12-21(29)16-19(27)6-10-23-24-11-7-20(28(24,2)15-13-25(23)27)17-26(30)18-4-8-22(31-3)9-5-18/h4-5,8-9,17,19,21,23-25,29H,6-7,10-16H2,1-3H3/b20-17+/t19-,21-,23-,24-,25-,27-,28+/m0/s1. The third-order valence-corrected chi connectivity index (χ3v) is 10.2. The van der Waals surface area contributed by atoms with Gasteiger partial charge in [-0.25, -0.2) is 0 Å². The average Bonchev–Trinajstić information content (AvgIpc) is 3.10. The van der Waals surface area contributed by atoms with E-state index in [0.717, 1.165) is 42.4 Å². The number of allylic oxidation sites excluding steroid dienone is 2.